The van der Waals surface area contributed by atoms with E-state index in [0.29, 0.717) is 0 Å². The average Bonchev–Trinajstić information content (AvgIpc) is 3.17. The Labute approximate surface area is 135 Å². The van der Waals surface area contributed by atoms with Gasteiger partial charge >= 0.3 is 0 Å². The number of methoxy groups -OCH3 is 1. The number of nitrogens with zero attached hydrogens (tertiary/aromatic N) is 3. The fourth-order valence-corrected chi connectivity index (χ4v) is 4.09. The minimum Gasteiger partial charge on any atom is -0.497 e. The number of hydrogen-bond acceptors (Lipinski definition) is 7. The lowest BCUT2D eigenvalue weighted by molar-refractivity contribution is 0.414. The molecule has 3 rings (SSSR count). The fraction of sp³-hybridized carbons (Fsp3) is 0.214. The molecule has 0 saturated carbocycles. The van der Waals surface area contributed by atoms with Crippen LogP contribution in [0.3, 0.4) is 0 Å². The molecule has 21 heavy (non-hydrogen) atoms. The Hall–Kier alpha value is -1.44. The highest BCUT2D eigenvalue weighted by atomic mass is 32.2. The van der Waals surface area contributed by atoms with E-state index >= 15 is 0 Å². The van der Waals surface area contributed by atoms with Crippen LogP contribution in [0.4, 0.5) is 0 Å². The standard InChI is InChI=1S/C14H13N3OS3/c1-18-12-4-2-10(3-5-12)6-13-16-11(7-19-13)8-20-14-17-15-9-21-14/h2-5,7,9H,6,8H2,1H3. The van der Waals surface area contributed by atoms with Crippen LogP contribution >= 0.6 is 34.4 Å². The molecule has 3 aromatic rings. The first-order chi connectivity index (χ1) is 10.3. The molecule has 0 radical (unpaired) electrons. The van der Waals surface area contributed by atoms with Crippen LogP contribution in [-0.2, 0) is 12.2 Å². The number of aromatic nitrogens is 3. The number of benzene rings is 1. The summed E-state index contributed by atoms with van der Waals surface area (Å²) in [5.74, 6) is 1.72. The van der Waals surface area contributed by atoms with Gasteiger partial charge in [-0.05, 0) is 17.7 Å². The van der Waals surface area contributed by atoms with E-state index in [1.54, 1.807) is 47.1 Å². The Morgan fingerprint density at radius 3 is 2.76 bits per heavy atom. The minimum atomic E-state index is 0.842. The van der Waals surface area contributed by atoms with Crippen molar-refractivity contribution < 1.29 is 4.74 Å². The monoisotopic (exact) mass is 335 g/mol. The lowest BCUT2D eigenvalue weighted by atomic mass is 10.1. The van der Waals surface area contributed by atoms with Gasteiger partial charge in [0.05, 0.1) is 17.8 Å². The third-order valence-corrected chi connectivity index (χ3v) is 5.59. The molecule has 7 heteroatoms. The van der Waals surface area contributed by atoms with Gasteiger partial charge in [-0.1, -0.05) is 35.2 Å². The van der Waals surface area contributed by atoms with E-state index in [0.717, 1.165) is 33.0 Å². The third kappa shape index (κ3) is 4.03. The van der Waals surface area contributed by atoms with Gasteiger partial charge in [-0.2, -0.15) is 0 Å². The van der Waals surface area contributed by atoms with Gasteiger partial charge in [-0.15, -0.1) is 21.5 Å². The average molecular weight is 335 g/mol. The second kappa shape index (κ2) is 7.02. The summed E-state index contributed by atoms with van der Waals surface area (Å²) in [6, 6.07) is 8.12. The Kier molecular flexibility index (Phi) is 4.84. The molecule has 0 amide bonds. The molecule has 0 aliphatic heterocycles. The number of thiazole rings is 1. The van der Waals surface area contributed by atoms with E-state index in [2.05, 4.69) is 32.7 Å². The molecular formula is C14H13N3OS3. The molecule has 0 saturated heterocycles. The molecule has 0 unspecified atom stereocenters. The summed E-state index contributed by atoms with van der Waals surface area (Å²) in [6.45, 7) is 0. The van der Waals surface area contributed by atoms with Gasteiger partial charge in [0.15, 0.2) is 4.34 Å². The molecule has 2 heterocycles. The highest BCUT2D eigenvalue weighted by Gasteiger charge is 2.06. The maximum absolute atomic E-state index is 5.17. The number of rotatable bonds is 6. The van der Waals surface area contributed by atoms with Crippen molar-refractivity contribution in [2.75, 3.05) is 7.11 Å². The normalized spacial score (nSPS) is 10.7. The summed E-state index contributed by atoms with van der Waals surface area (Å²) in [5.41, 5.74) is 4.09. The smallest absolute Gasteiger partial charge is 0.174 e. The maximum atomic E-state index is 5.17. The molecular weight excluding hydrogens is 322 g/mol. The lowest BCUT2D eigenvalue weighted by Gasteiger charge is -2.01. The van der Waals surface area contributed by atoms with E-state index < -0.39 is 0 Å². The van der Waals surface area contributed by atoms with Crippen molar-refractivity contribution in [1.29, 1.82) is 0 Å². The van der Waals surface area contributed by atoms with Crippen LogP contribution in [0.1, 0.15) is 16.3 Å². The van der Waals surface area contributed by atoms with Gasteiger partial charge < -0.3 is 4.74 Å². The second-order valence-corrected chi connectivity index (χ2v) is 7.25. The van der Waals surface area contributed by atoms with Crippen molar-refractivity contribution in [2.24, 2.45) is 0 Å². The van der Waals surface area contributed by atoms with E-state index in [1.807, 2.05) is 12.1 Å². The quantitative estimate of drug-likeness (QED) is 0.640. The molecule has 4 nitrogen and oxygen atoms in total. The molecule has 0 spiro atoms. The van der Waals surface area contributed by atoms with E-state index in [-0.39, 0.29) is 0 Å². The molecule has 0 aliphatic carbocycles. The zero-order valence-corrected chi connectivity index (χ0v) is 13.8. The van der Waals surface area contributed by atoms with Crippen molar-refractivity contribution in [1.82, 2.24) is 15.2 Å². The summed E-state index contributed by atoms with van der Waals surface area (Å²) in [4.78, 5) is 4.67. The Bertz CT molecular complexity index is 680. The van der Waals surface area contributed by atoms with Crippen LogP contribution in [0.15, 0.2) is 39.5 Å². The predicted molar refractivity (Wildman–Crippen MR) is 87.4 cm³/mol. The third-order valence-electron chi connectivity index (χ3n) is 2.80. The maximum Gasteiger partial charge on any atom is 0.174 e. The van der Waals surface area contributed by atoms with E-state index in [1.165, 1.54) is 5.56 Å². The van der Waals surface area contributed by atoms with Gasteiger partial charge in [0.1, 0.15) is 11.3 Å². The molecule has 0 fully saturated rings. The predicted octanol–water partition coefficient (Wildman–Crippen LogP) is 3.89. The van der Waals surface area contributed by atoms with Gasteiger partial charge in [-0.3, -0.25) is 0 Å². The van der Waals surface area contributed by atoms with Gasteiger partial charge in [0.2, 0.25) is 0 Å². The van der Waals surface area contributed by atoms with Gasteiger partial charge in [0.25, 0.3) is 0 Å². The topological polar surface area (TPSA) is 47.9 Å². The van der Waals surface area contributed by atoms with Crippen molar-refractivity contribution in [3.63, 3.8) is 0 Å². The molecule has 108 valence electrons. The first-order valence-corrected chi connectivity index (χ1v) is 9.03. The summed E-state index contributed by atoms with van der Waals surface area (Å²) in [6.07, 6.45) is 0.859. The second-order valence-electron chi connectivity index (χ2n) is 4.25. The van der Waals surface area contributed by atoms with Crippen LogP contribution in [0.2, 0.25) is 0 Å². The summed E-state index contributed by atoms with van der Waals surface area (Å²) < 4.78 is 6.15. The number of ether oxygens (including phenoxy) is 1. The molecule has 0 N–H and O–H groups in total. The summed E-state index contributed by atoms with van der Waals surface area (Å²) in [7, 11) is 1.68. The first-order valence-electron chi connectivity index (χ1n) is 6.28. The highest BCUT2D eigenvalue weighted by Crippen LogP contribution is 2.25. The van der Waals surface area contributed by atoms with E-state index in [9.17, 15) is 0 Å². The summed E-state index contributed by atoms with van der Waals surface area (Å²) >= 11 is 4.94. The van der Waals surface area contributed by atoms with Crippen LogP contribution in [0.25, 0.3) is 0 Å². The Morgan fingerprint density at radius 1 is 1.19 bits per heavy atom. The Balaban J connectivity index is 1.59. The van der Waals surface area contributed by atoms with Crippen LogP contribution in [0.5, 0.6) is 5.75 Å². The Morgan fingerprint density at radius 2 is 2.05 bits per heavy atom. The summed E-state index contributed by atoms with van der Waals surface area (Å²) in [5, 5.41) is 11.1. The molecule has 0 atom stereocenters. The zero-order chi connectivity index (χ0) is 14.5. The molecule has 2 aromatic heterocycles. The van der Waals surface area contributed by atoms with Gasteiger partial charge in [0, 0.05) is 17.6 Å². The SMILES string of the molecule is COc1ccc(Cc2nc(CSc3nncs3)cs2)cc1. The molecule has 1 aromatic carbocycles. The number of hydrogen-bond donors (Lipinski definition) is 0. The largest absolute Gasteiger partial charge is 0.497 e. The van der Waals surface area contributed by atoms with Crippen LogP contribution in [0, 0.1) is 0 Å². The zero-order valence-electron chi connectivity index (χ0n) is 11.4. The first kappa shape index (κ1) is 14.5. The number of thioether (sulfide) groups is 1. The lowest BCUT2D eigenvalue weighted by Crippen LogP contribution is -1.89. The van der Waals surface area contributed by atoms with Crippen molar-refractivity contribution in [2.45, 2.75) is 16.5 Å². The van der Waals surface area contributed by atoms with Crippen molar-refractivity contribution in [3.05, 3.63) is 51.4 Å². The van der Waals surface area contributed by atoms with E-state index in [4.69, 9.17) is 4.74 Å². The minimum absolute atomic E-state index is 0.842. The van der Waals surface area contributed by atoms with Crippen molar-refractivity contribution >= 4 is 34.4 Å². The van der Waals surface area contributed by atoms with Crippen molar-refractivity contribution in [3.8, 4) is 5.75 Å². The molecule has 0 aliphatic rings. The highest BCUT2D eigenvalue weighted by molar-refractivity contribution is 8.00. The fourth-order valence-electron chi connectivity index (χ4n) is 1.78. The molecule has 0 bridgehead atoms. The van der Waals surface area contributed by atoms with Crippen LogP contribution in [-0.4, -0.2) is 22.3 Å². The van der Waals surface area contributed by atoms with Crippen LogP contribution < -0.4 is 4.74 Å². The van der Waals surface area contributed by atoms with Gasteiger partial charge in [-0.25, -0.2) is 4.98 Å².